The standard InChI is InChI=1S/C11H16N2/c1-7-4-8(6-13-5-7)9-10(12)11(9,2)3/h4-6,9-10H,12H2,1-3H3/t9-,10-/m0/s1. The van der Waals surface area contributed by atoms with Crippen molar-refractivity contribution >= 4 is 0 Å². The Morgan fingerprint density at radius 2 is 2.00 bits per heavy atom. The first kappa shape index (κ1) is 8.70. The van der Waals surface area contributed by atoms with E-state index in [0.29, 0.717) is 12.0 Å². The van der Waals surface area contributed by atoms with Crippen molar-refractivity contribution in [1.82, 2.24) is 4.98 Å². The summed E-state index contributed by atoms with van der Waals surface area (Å²) in [5, 5.41) is 0. The molecule has 0 radical (unpaired) electrons. The van der Waals surface area contributed by atoms with Gasteiger partial charge in [-0.2, -0.15) is 0 Å². The molecule has 0 unspecified atom stereocenters. The van der Waals surface area contributed by atoms with Gasteiger partial charge in [-0.05, 0) is 23.5 Å². The van der Waals surface area contributed by atoms with Crippen molar-refractivity contribution in [1.29, 1.82) is 0 Å². The largest absolute Gasteiger partial charge is 0.327 e. The van der Waals surface area contributed by atoms with Crippen LogP contribution in [0.3, 0.4) is 0 Å². The van der Waals surface area contributed by atoms with E-state index in [1.165, 1.54) is 11.1 Å². The molecule has 13 heavy (non-hydrogen) atoms. The monoisotopic (exact) mass is 176 g/mol. The fraction of sp³-hybridized carbons (Fsp3) is 0.545. The van der Waals surface area contributed by atoms with Crippen LogP contribution >= 0.6 is 0 Å². The lowest BCUT2D eigenvalue weighted by Crippen LogP contribution is -2.06. The first-order chi connectivity index (χ1) is 6.03. The second-order valence-corrected chi connectivity index (χ2v) is 4.62. The van der Waals surface area contributed by atoms with Gasteiger partial charge in [-0.1, -0.05) is 19.9 Å². The zero-order valence-corrected chi connectivity index (χ0v) is 8.41. The topological polar surface area (TPSA) is 38.9 Å². The van der Waals surface area contributed by atoms with Gasteiger partial charge in [0.25, 0.3) is 0 Å². The van der Waals surface area contributed by atoms with Gasteiger partial charge in [-0.3, -0.25) is 4.98 Å². The van der Waals surface area contributed by atoms with E-state index >= 15 is 0 Å². The predicted octanol–water partition coefficient (Wildman–Crippen LogP) is 1.84. The van der Waals surface area contributed by atoms with Crippen LogP contribution in [0.25, 0.3) is 0 Å². The molecule has 2 nitrogen and oxygen atoms in total. The van der Waals surface area contributed by atoms with Gasteiger partial charge in [0.15, 0.2) is 0 Å². The van der Waals surface area contributed by atoms with Crippen molar-refractivity contribution in [2.24, 2.45) is 11.1 Å². The van der Waals surface area contributed by atoms with Crippen LogP contribution in [-0.4, -0.2) is 11.0 Å². The lowest BCUT2D eigenvalue weighted by Gasteiger charge is -2.02. The number of nitrogens with two attached hydrogens (primary N) is 1. The Kier molecular flexibility index (Phi) is 1.70. The highest BCUT2D eigenvalue weighted by atomic mass is 14.8. The van der Waals surface area contributed by atoms with Crippen LogP contribution in [0.4, 0.5) is 0 Å². The molecule has 2 atom stereocenters. The van der Waals surface area contributed by atoms with E-state index in [1.54, 1.807) is 0 Å². The summed E-state index contributed by atoms with van der Waals surface area (Å²) in [4.78, 5) is 4.19. The summed E-state index contributed by atoms with van der Waals surface area (Å²) in [5.41, 5.74) is 8.76. The van der Waals surface area contributed by atoms with Crippen LogP contribution in [0, 0.1) is 12.3 Å². The molecule has 1 aromatic heterocycles. The summed E-state index contributed by atoms with van der Waals surface area (Å²) in [7, 11) is 0. The molecule has 70 valence electrons. The maximum atomic E-state index is 6.00. The minimum absolute atomic E-state index is 0.259. The molecule has 0 bridgehead atoms. The lowest BCUT2D eigenvalue weighted by atomic mass is 10.0. The smallest absolute Gasteiger partial charge is 0.0303 e. The van der Waals surface area contributed by atoms with Crippen LogP contribution in [-0.2, 0) is 0 Å². The third kappa shape index (κ3) is 1.25. The molecule has 1 aliphatic carbocycles. The van der Waals surface area contributed by atoms with Gasteiger partial charge in [0.05, 0.1) is 0 Å². The van der Waals surface area contributed by atoms with E-state index in [9.17, 15) is 0 Å². The average molecular weight is 176 g/mol. The average Bonchev–Trinajstić information content (AvgIpc) is 2.51. The number of hydrogen-bond donors (Lipinski definition) is 1. The Hall–Kier alpha value is -0.890. The van der Waals surface area contributed by atoms with E-state index in [1.807, 2.05) is 12.4 Å². The quantitative estimate of drug-likeness (QED) is 0.709. The van der Waals surface area contributed by atoms with Crippen molar-refractivity contribution in [2.45, 2.75) is 32.7 Å². The Bertz CT molecular complexity index is 331. The van der Waals surface area contributed by atoms with E-state index in [2.05, 4.69) is 31.8 Å². The van der Waals surface area contributed by atoms with Crippen LogP contribution in [0.2, 0.25) is 0 Å². The van der Waals surface area contributed by atoms with Crippen LogP contribution < -0.4 is 5.73 Å². The number of hydrogen-bond acceptors (Lipinski definition) is 2. The number of rotatable bonds is 1. The Balaban J connectivity index is 2.29. The summed E-state index contributed by atoms with van der Waals surface area (Å²) >= 11 is 0. The molecule has 0 aliphatic heterocycles. The Morgan fingerprint density at radius 3 is 2.46 bits per heavy atom. The molecular formula is C11H16N2. The maximum absolute atomic E-state index is 6.00. The fourth-order valence-corrected chi connectivity index (χ4v) is 2.06. The highest BCUT2D eigenvalue weighted by molar-refractivity contribution is 5.33. The second kappa shape index (κ2) is 2.55. The van der Waals surface area contributed by atoms with Crippen LogP contribution in [0.1, 0.15) is 30.9 Å². The van der Waals surface area contributed by atoms with Gasteiger partial charge in [-0.25, -0.2) is 0 Å². The SMILES string of the molecule is Cc1cncc([C@H]2[C@H](N)C2(C)C)c1. The summed E-state index contributed by atoms with van der Waals surface area (Å²) in [6.07, 6.45) is 3.82. The van der Waals surface area contributed by atoms with Gasteiger partial charge in [0, 0.05) is 24.4 Å². The molecule has 1 saturated carbocycles. The number of pyridine rings is 1. The molecule has 2 N–H and O–H groups in total. The molecule has 0 aromatic carbocycles. The van der Waals surface area contributed by atoms with Gasteiger partial charge >= 0.3 is 0 Å². The first-order valence-corrected chi connectivity index (χ1v) is 4.70. The predicted molar refractivity (Wildman–Crippen MR) is 53.5 cm³/mol. The molecule has 1 aromatic rings. The molecule has 1 fully saturated rings. The van der Waals surface area contributed by atoms with E-state index in [0.717, 1.165) is 0 Å². The van der Waals surface area contributed by atoms with Crippen molar-refractivity contribution in [3.8, 4) is 0 Å². The normalized spacial score (nSPS) is 30.2. The lowest BCUT2D eigenvalue weighted by molar-refractivity contribution is 0.598. The zero-order valence-electron chi connectivity index (χ0n) is 8.41. The van der Waals surface area contributed by atoms with Crippen molar-refractivity contribution in [3.63, 3.8) is 0 Å². The minimum Gasteiger partial charge on any atom is -0.327 e. The van der Waals surface area contributed by atoms with Crippen molar-refractivity contribution < 1.29 is 0 Å². The summed E-state index contributed by atoms with van der Waals surface area (Å²) in [5.74, 6) is 0.500. The van der Waals surface area contributed by atoms with Crippen LogP contribution in [0.5, 0.6) is 0 Å². The van der Waals surface area contributed by atoms with Gasteiger partial charge in [0.1, 0.15) is 0 Å². The highest BCUT2D eigenvalue weighted by Crippen LogP contribution is 2.57. The molecule has 1 heterocycles. The maximum Gasteiger partial charge on any atom is 0.0303 e. The minimum atomic E-state index is 0.259. The third-order valence-electron chi connectivity index (χ3n) is 3.17. The molecule has 2 heteroatoms. The van der Waals surface area contributed by atoms with E-state index in [-0.39, 0.29) is 5.41 Å². The second-order valence-electron chi connectivity index (χ2n) is 4.62. The first-order valence-electron chi connectivity index (χ1n) is 4.70. The number of aryl methyl sites for hydroxylation is 1. The number of aromatic nitrogens is 1. The molecular weight excluding hydrogens is 160 g/mol. The summed E-state index contributed by atoms with van der Waals surface area (Å²) < 4.78 is 0. The summed E-state index contributed by atoms with van der Waals surface area (Å²) in [6.45, 7) is 6.49. The molecule has 2 rings (SSSR count). The van der Waals surface area contributed by atoms with Crippen LogP contribution in [0.15, 0.2) is 18.5 Å². The molecule has 0 saturated heterocycles. The molecule has 0 spiro atoms. The van der Waals surface area contributed by atoms with E-state index < -0.39 is 0 Å². The van der Waals surface area contributed by atoms with Crippen molar-refractivity contribution in [3.05, 3.63) is 29.6 Å². The Morgan fingerprint density at radius 1 is 1.38 bits per heavy atom. The Labute approximate surface area is 79.2 Å². The molecule has 0 amide bonds. The fourth-order valence-electron chi connectivity index (χ4n) is 2.06. The zero-order chi connectivity index (χ0) is 9.64. The highest BCUT2D eigenvalue weighted by Gasteiger charge is 2.56. The van der Waals surface area contributed by atoms with Gasteiger partial charge in [-0.15, -0.1) is 0 Å². The third-order valence-corrected chi connectivity index (χ3v) is 3.17. The van der Waals surface area contributed by atoms with E-state index in [4.69, 9.17) is 5.73 Å². The summed E-state index contributed by atoms with van der Waals surface area (Å²) in [6, 6.07) is 2.49. The van der Waals surface area contributed by atoms with Gasteiger partial charge < -0.3 is 5.73 Å². The molecule has 1 aliphatic rings. The van der Waals surface area contributed by atoms with Gasteiger partial charge in [0.2, 0.25) is 0 Å². The number of nitrogens with zero attached hydrogens (tertiary/aromatic N) is 1. The van der Waals surface area contributed by atoms with Crippen molar-refractivity contribution in [2.75, 3.05) is 0 Å².